The number of carbonyl (C=O) groups excluding carboxylic acids is 3. The first-order chi connectivity index (χ1) is 30.4. The third-order valence-corrected chi connectivity index (χ3v) is 19.9. The van der Waals surface area contributed by atoms with Crippen LogP contribution < -0.4 is 0 Å². The van der Waals surface area contributed by atoms with E-state index in [1.165, 1.54) is 0 Å². The molecule has 0 aliphatic rings. The molecule has 386 valence electrons. The van der Waals surface area contributed by atoms with Crippen molar-refractivity contribution in [2.45, 2.75) is 295 Å². The molecule has 0 rings (SSSR count). The summed E-state index contributed by atoms with van der Waals surface area (Å²) in [6.45, 7) is 26.9. The van der Waals surface area contributed by atoms with Crippen molar-refractivity contribution in [1.82, 2.24) is 0 Å². The topological polar surface area (TPSA) is 78.9 Å². The molecule has 0 aliphatic carbocycles. The molecule has 0 aromatic carbocycles. The molecule has 0 saturated heterocycles. The van der Waals surface area contributed by atoms with E-state index in [2.05, 4.69) is 83.1 Å². The molecule has 0 atom stereocenters. The summed E-state index contributed by atoms with van der Waals surface area (Å²) in [4.78, 5) is 46.1. The first kappa shape index (κ1) is 65.3. The fraction of sp³-hybridized carbons (Fsp3) is 0.945. The standard InChI is InChI=1S/3C18H36O2S.CH3.Sn/c3*1-15(2)11-7-5-9-13-18(21,17(19)20)14-10-6-8-12-16(3)4;;/h3*15-16,21H,5-14H2,1-4H3,(H,19,20);1H3;/q;;;;+3/p-3. The molecule has 0 aliphatic heterocycles. The van der Waals surface area contributed by atoms with Gasteiger partial charge in [0, 0.05) is 0 Å². The van der Waals surface area contributed by atoms with E-state index in [1.54, 1.807) is 4.94 Å². The van der Waals surface area contributed by atoms with Crippen molar-refractivity contribution in [2.24, 2.45) is 35.5 Å². The molecule has 0 N–H and O–H groups in total. The van der Waals surface area contributed by atoms with E-state index in [0.717, 1.165) is 154 Å². The molecule has 0 heterocycles. The second-order valence-electron chi connectivity index (χ2n) is 23.1. The maximum absolute atomic E-state index is 14.8. The van der Waals surface area contributed by atoms with Crippen LogP contribution in [0.15, 0.2) is 0 Å². The summed E-state index contributed by atoms with van der Waals surface area (Å²) in [5, 5.41) is 0. The predicted molar refractivity (Wildman–Crippen MR) is 293 cm³/mol. The van der Waals surface area contributed by atoms with Crippen LogP contribution in [-0.4, -0.2) is 51.8 Å². The number of hydrogen-bond donors (Lipinski definition) is 3. The van der Waals surface area contributed by atoms with Crippen LogP contribution in [0.1, 0.15) is 276 Å². The summed E-state index contributed by atoms with van der Waals surface area (Å²) >= 11 is 10.1. The van der Waals surface area contributed by atoms with Crippen LogP contribution in [0.4, 0.5) is 0 Å². The van der Waals surface area contributed by atoms with Gasteiger partial charge in [-0.05, 0) is 0 Å². The summed E-state index contributed by atoms with van der Waals surface area (Å²) in [7, 11) is 0. The van der Waals surface area contributed by atoms with E-state index in [0.29, 0.717) is 74.0 Å². The molecule has 10 heteroatoms. The molecule has 0 radical (unpaired) electrons. The number of unbranched alkanes of at least 4 members (excludes halogenated alkanes) is 12. The Labute approximate surface area is 426 Å². The average Bonchev–Trinajstić information content (AvgIpc) is 3.19. The van der Waals surface area contributed by atoms with E-state index in [1.807, 2.05) is 0 Å². The molecule has 0 fully saturated rings. The molecule has 0 amide bonds. The van der Waals surface area contributed by atoms with Gasteiger partial charge < -0.3 is 0 Å². The first-order valence-corrected chi connectivity index (χ1v) is 34.9. The Morgan fingerprint density at radius 2 is 0.477 bits per heavy atom. The van der Waals surface area contributed by atoms with Crippen molar-refractivity contribution in [1.29, 1.82) is 0 Å². The van der Waals surface area contributed by atoms with E-state index in [-0.39, 0.29) is 0 Å². The molecule has 65 heavy (non-hydrogen) atoms. The van der Waals surface area contributed by atoms with Gasteiger partial charge in [-0.2, -0.15) is 0 Å². The zero-order valence-electron chi connectivity index (χ0n) is 45.0. The van der Waals surface area contributed by atoms with Gasteiger partial charge >= 0.3 is 429 Å². The Hall–Kier alpha value is 0.259. The van der Waals surface area contributed by atoms with E-state index in [9.17, 15) is 14.4 Å². The van der Waals surface area contributed by atoms with Crippen LogP contribution in [0.3, 0.4) is 0 Å². The van der Waals surface area contributed by atoms with Gasteiger partial charge in [-0.25, -0.2) is 0 Å². The van der Waals surface area contributed by atoms with Gasteiger partial charge in [-0.3, -0.25) is 0 Å². The van der Waals surface area contributed by atoms with Gasteiger partial charge in [0.05, 0.1) is 0 Å². The van der Waals surface area contributed by atoms with E-state index < -0.39 is 51.8 Å². The first-order valence-electron chi connectivity index (χ1n) is 27.3. The normalized spacial score (nSPS) is 13.0. The molecular formula is C55H108O6S3Sn. The van der Waals surface area contributed by atoms with E-state index in [4.69, 9.17) is 47.1 Å². The van der Waals surface area contributed by atoms with Gasteiger partial charge in [0.25, 0.3) is 0 Å². The van der Waals surface area contributed by atoms with Crippen LogP contribution in [0.2, 0.25) is 4.94 Å². The molecule has 0 aromatic rings. The molecule has 0 spiro atoms. The zero-order chi connectivity index (χ0) is 49.5. The number of carbonyl (C=O) groups is 3. The third kappa shape index (κ3) is 32.7. The average molecular weight is 1080 g/mol. The Kier molecular flexibility index (Phi) is 36.4. The van der Waals surface area contributed by atoms with Crippen LogP contribution in [0, 0.1) is 35.5 Å². The molecule has 0 aromatic heterocycles. The molecule has 0 saturated carbocycles. The summed E-state index contributed by atoms with van der Waals surface area (Å²) in [5.41, 5.74) is 0. The monoisotopic (exact) mass is 1080 g/mol. The van der Waals surface area contributed by atoms with Crippen molar-refractivity contribution in [2.75, 3.05) is 0 Å². The summed E-state index contributed by atoms with van der Waals surface area (Å²) in [6.07, 6.45) is 27.7. The van der Waals surface area contributed by atoms with Crippen LogP contribution in [0.25, 0.3) is 0 Å². The fourth-order valence-electron chi connectivity index (χ4n) is 8.72. The van der Waals surface area contributed by atoms with Gasteiger partial charge in [0.2, 0.25) is 0 Å². The van der Waals surface area contributed by atoms with Gasteiger partial charge in [0.15, 0.2) is 0 Å². The Bertz CT molecular complexity index is 1040. The van der Waals surface area contributed by atoms with Gasteiger partial charge in [-0.15, -0.1) is 0 Å². The Morgan fingerprint density at radius 1 is 0.323 bits per heavy atom. The zero-order valence-corrected chi connectivity index (χ0v) is 50.5. The van der Waals surface area contributed by atoms with Gasteiger partial charge in [-0.1, -0.05) is 0 Å². The van der Waals surface area contributed by atoms with Crippen molar-refractivity contribution >= 4 is 75.4 Å². The van der Waals surface area contributed by atoms with Gasteiger partial charge in [0.1, 0.15) is 0 Å². The fourth-order valence-corrected chi connectivity index (χ4v) is 15.5. The summed E-state index contributed by atoms with van der Waals surface area (Å²) in [6, 6.07) is 0. The molecule has 6 nitrogen and oxygen atoms in total. The van der Waals surface area contributed by atoms with Crippen LogP contribution in [0.5, 0.6) is 0 Å². The Morgan fingerprint density at radius 3 is 0.615 bits per heavy atom. The van der Waals surface area contributed by atoms with Crippen LogP contribution in [-0.2, 0) is 23.6 Å². The molecule has 0 bridgehead atoms. The minimum absolute atomic E-state index is 0.522. The summed E-state index contributed by atoms with van der Waals surface area (Å²) in [5.74, 6) is 2.18. The SMILES string of the molecule is CC(C)CCCCCC(S)(CCCCCC(C)C)C(=O)[O][Sn]([CH3])([O]C(=O)C(S)(CCCCCC(C)C)CCCCCC(C)C)[O]C(=O)C(S)(CCCCCC(C)C)CCCCCC(C)C. The van der Waals surface area contributed by atoms with Crippen molar-refractivity contribution in [3.8, 4) is 0 Å². The maximum atomic E-state index is 14.8. The van der Waals surface area contributed by atoms with E-state index >= 15 is 0 Å². The predicted octanol–water partition coefficient (Wildman–Crippen LogP) is 17.8. The summed E-state index contributed by atoms with van der Waals surface area (Å²) < 4.78 is 16.3. The Balaban J connectivity index is 7.00. The number of hydrogen-bond acceptors (Lipinski definition) is 9. The quantitative estimate of drug-likeness (QED) is 0.0321. The number of thiol groups is 3. The minimum atomic E-state index is -5.43. The second kappa shape index (κ2) is 36.2. The third-order valence-electron chi connectivity index (χ3n) is 13.2. The van der Waals surface area contributed by atoms with Crippen LogP contribution >= 0.6 is 37.9 Å². The molecule has 0 unspecified atom stereocenters. The number of rotatable bonds is 42. The van der Waals surface area contributed by atoms with Crippen molar-refractivity contribution in [3.05, 3.63) is 0 Å². The second-order valence-corrected chi connectivity index (χ2v) is 32.3. The van der Waals surface area contributed by atoms with Crippen molar-refractivity contribution in [3.63, 3.8) is 0 Å². The van der Waals surface area contributed by atoms with Crippen molar-refractivity contribution < 1.29 is 23.6 Å². The molecular weight excluding hydrogens is 972 g/mol.